The summed E-state index contributed by atoms with van der Waals surface area (Å²) in [5.41, 5.74) is 0.302. The molecule has 0 atom stereocenters. The second-order valence-electron chi connectivity index (χ2n) is 4.03. The first-order valence-electron chi connectivity index (χ1n) is 4.46. The molecule has 0 N–H and O–H groups in total. The van der Waals surface area contributed by atoms with Crippen LogP contribution in [0, 0.1) is 12.7 Å². The smallest absolute Gasteiger partial charge is 0.220 e. The van der Waals surface area contributed by atoms with E-state index in [9.17, 15) is 4.39 Å². The number of aliphatic imine (C=N–C) groups is 1. The first kappa shape index (κ1) is 9.65. The maximum absolute atomic E-state index is 13.4. The molecule has 1 aliphatic rings. The summed E-state index contributed by atoms with van der Waals surface area (Å²) in [7, 11) is 0. The van der Waals surface area contributed by atoms with Crippen LogP contribution in [0.25, 0.3) is 0 Å². The van der Waals surface area contributed by atoms with Crippen LogP contribution in [0.3, 0.4) is 0 Å². The molecule has 0 unspecified atom stereocenters. The number of rotatable bonds is 1. The maximum atomic E-state index is 13.4. The number of ether oxygens (including phenoxy) is 1. The predicted octanol–water partition coefficient (Wildman–Crippen LogP) is 2.75. The van der Waals surface area contributed by atoms with Gasteiger partial charge in [-0.2, -0.15) is 0 Å². The third-order valence-electron chi connectivity index (χ3n) is 2.11. The molecule has 1 aromatic heterocycles. The Labute approximate surface area is 86.4 Å². The van der Waals surface area contributed by atoms with Gasteiger partial charge in [0.2, 0.25) is 5.90 Å². The lowest BCUT2D eigenvalue weighted by atomic mass is 10.1. The SMILES string of the molecule is Cc1scc(F)c1C1=NC(C)(C)CO1. The highest BCUT2D eigenvalue weighted by Crippen LogP contribution is 2.27. The number of thiophene rings is 1. The Kier molecular flexibility index (Phi) is 2.10. The van der Waals surface area contributed by atoms with Gasteiger partial charge in [0.1, 0.15) is 12.4 Å². The number of hydrogen-bond donors (Lipinski definition) is 0. The van der Waals surface area contributed by atoms with Crippen molar-refractivity contribution in [3.05, 3.63) is 21.6 Å². The normalized spacial score (nSPS) is 19.3. The second kappa shape index (κ2) is 3.05. The quantitative estimate of drug-likeness (QED) is 0.703. The van der Waals surface area contributed by atoms with Crippen molar-refractivity contribution in [2.75, 3.05) is 6.61 Å². The molecule has 0 aromatic carbocycles. The fourth-order valence-electron chi connectivity index (χ4n) is 1.39. The van der Waals surface area contributed by atoms with Gasteiger partial charge in [-0.3, -0.25) is 0 Å². The van der Waals surface area contributed by atoms with E-state index in [0.717, 1.165) is 4.88 Å². The summed E-state index contributed by atoms with van der Waals surface area (Å²) in [4.78, 5) is 5.26. The van der Waals surface area contributed by atoms with Crippen molar-refractivity contribution in [1.82, 2.24) is 0 Å². The Morgan fingerprint density at radius 1 is 1.57 bits per heavy atom. The lowest BCUT2D eigenvalue weighted by molar-refractivity contribution is 0.279. The first-order chi connectivity index (χ1) is 6.49. The molecule has 14 heavy (non-hydrogen) atoms. The molecule has 2 nitrogen and oxygen atoms in total. The standard InChI is InChI=1S/C10H12FNOS/c1-6-8(7(11)4-14-6)9-12-10(2,3)5-13-9/h4H,5H2,1-3H3. The number of halogens is 1. The van der Waals surface area contributed by atoms with Gasteiger partial charge in [0.05, 0.1) is 11.1 Å². The molecule has 0 fully saturated rings. The fourth-order valence-corrected chi connectivity index (χ4v) is 2.09. The van der Waals surface area contributed by atoms with E-state index < -0.39 is 0 Å². The van der Waals surface area contributed by atoms with E-state index in [2.05, 4.69) is 4.99 Å². The van der Waals surface area contributed by atoms with E-state index in [0.29, 0.717) is 18.1 Å². The van der Waals surface area contributed by atoms with Crippen molar-refractivity contribution >= 4 is 17.2 Å². The van der Waals surface area contributed by atoms with Crippen molar-refractivity contribution in [3.8, 4) is 0 Å². The average Bonchev–Trinajstić information content (AvgIpc) is 2.56. The molecule has 0 amide bonds. The van der Waals surface area contributed by atoms with Gasteiger partial charge >= 0.3 is 0 Å². The minimum atomic E-state index is -0.232. The van der Waals surface area contributed by atoms with Crippen LogP contribution in [-0.2, 0) is 4.74 Å². The average molecular weight is 213 g/mol. The topological polar surface area (TPSA) is 21.6 Å². The van der Waals surface area contributed by atoms with E-state index in [-0.39, 0.29) is 11.4 Å². The van der Waals surface area contributed by atoms with E-state index in [1.165, 1.54) is 16.7 Å². The van der Waals surface area contributed by atoms with Gasteiger partial charge in [-0.25, -0.2) is 9.38 Å². The molecule has 0 spiro atoms. The lowest BCUT2D eigenvalue weighted by Crippen LogP contribution is -2.17. The Morgan fingerprint density at radius 2 is 2.29 bits per heavy atom. The van der Waals surface area contributed by atoms with E-state index in [1.807, 2.05) is 20.8 Å². The van der Waals surface area contributed by atoms with Gasteiger partial charge < -0.3 is 4.74 Å². The minimum absolute atomic E-state index is 0.226. The van der Waals surface area contributed by atoms with Crippen LogP contribution < -0.4 is 0 Å². The first-order valence-corrected chi connectivity index (χ1v) is 5.34. The number of nitrogens with zero attached hydrogens (tertiary/aromatic N) is 1. The summed E-state index contributed by atoms with van der Waals surface area (Å²) in [5.74, 6) is 0.218. The highest BCUT2D eigenvalue weighted by Gasteiger charge is 2.29. The molecule has 1 aliphatic heterocycles. The van der Waals surface area contributed by atoms with E-state index in [1.54, 1.807) is 0 Å². The molecule has 4 heteroatoms. The van der Waals surface area contributed by atoms with Crippen LogP contribution in [0.1, 0.15) is 24.3 Å². The van der Waals surface area contributed by atoms with Crippen LogP contribution in [0.15, 0.2) is 10.4 Å². The van der Waals surface area contributed by atoms with Gasteiger partial charge in [-0.1, -0.05) is 0 Å². The van der Waals surface area contributed by atoms with E-state index >= 15 is 0 Å². The van der Waals surface area contributed by atoms with Gasteiger partial charge in [0.25, 0.3) is 0 Å². The van der Waals surface area contributed by atoms with Crippen molar-refractivity contribution in [2.24, 2.45) is 4.99 Å². The molecule has 0 bridgehead atoms. The molecule has 0 saturated heterocycles. The molecule has 0 saturated carbocycles. The van der Waals surface area contributed by atoms with Crippen molar-refractivity contribution < 1.29 is 9.13 Å². The molecule has 1 aromatic rings. The number of aryl methyl sites for hydroxylation is 1. The Morgan fingerprint density at radius 3 is 2.71 bits per heavy atom. The summed E-state index contributed by atoms with van der Waals surface area (Å²) in [6, 6.07) is 0. The zero-order valence-corrected chi connectivity index (χ0v) is 9.24. The van der Waals surface area contributed by atoms with Gasteiger partial charge in [0.15, 0.2) is 0 Å². The van der Waals surface area contributed by atoms with Crippen LogP contribution in [0.2, 0.25) is 0 Å². The largest absolute Gasteiger partial charge is 0.475 e. The van der Waals surface area contributed by atoms with Crippen LogP contribution >= 0.6 is 11.3 Å². The molecule has 76 valence electrons. The summed E-state index contributed by atoms with van der Waals surface area (Å²) >= 11 is 1.38. The third-order valence-corrected chi connectivity index (χ3v) is 2.99. The summed E-state index contributed by atoms with van der Waals surface area (Å²) < 4.78 is 18.8. The van der Waals surface area contributed by atoms with Gasteiger partial charge in [0, 0.05) is 10.3 Å². The fraction of sp³-hybridized carbons (Fsp3) is 0.500. The van der Waals surface area contributed by atoms with Crippen molar-refractivity contribution in [1.29, 1.82) is 0 Å². The summed E-state index contributed by atoms with van der Waals surface area (Å²) in [5, 5.41) is 1.49. The van der Waals surface area contributed by atoms with Crippen molar-refractivity contribution in [2.45, 2.75) is 26.3 Å². The Balaban J connectivity index is 2.42. The predicted molar refractivity (Wildman–Crippen MR) is 55.6 cm³/mol. The second-order valence-corrected chi connectivity index (χ2v) is 5.12. The van der Waals surface area contributed by atoms with Crippen LogP contribution in [0.5, 0.6) is 0 Å². The monoisotopic (exact) mass is 213 g/mol. The summed E-state index contributed by atoms with van der Waals surface area (Å²) in [6.07, 6.45) is 0. The van der Waals surface area contributed by atoms with E-state index in [4.69, 9.17) is 4.74 Å². The zero-order chi connectivity index (χ0) is 10.3. The van der Waals surface area contributed by atoms with Crippen LogP contribution in [-0.4, -0.2) is 18.0 Å². The highest BCUT2D eigenvalue weighted by molar-refractivity contribution is 7.10. The van der Waals surface area contributed by atoms with Gasteiger partial charge in [-0.05, 0) is 20.8 Å². The molecular weight excluding hydrogens is 201 g/mol. The molecule has 2 rings (SSSR count). The zero-order valence-electron chi connectivity index (χ0n) is 8.43. The Bertz CT molecular complexity index is 375. The molecule has 0 radical (unpaired) electrons. The van der Waals surface area contributed by atoms with Crippen LogP contribution in [0.4, 0.5) is 4.39 Å². The molecule has 0 aliphatic carbocycles. The third kappa shape index (κ3) is 1.54. The molecule has 2 heterocycles. The summed E-state index contributed by atoms with van der Waals surface area (Å²) in [6.45, 7) is 6.34. The Hall–Kier alpha value is -0.900. The maximum Gasteiger partial charge on any atom is 0.220 e. The van der Waals surface area contributed by atoms with Crippen molar-refractivity contribution in [3.63, 3.8) is 0 Å². The number of hydrogen-bond acceptors (Lipinski definition) is 3. The molecular formula is C10H12FNOS. The van der Waals surface area contributed by atoms with Gasteiger partial charge in [-0.15, -0.1) is 11.3 Å². The highest BCUT2D eigenvalue weighted by atomic mass is 32.1. The minimum Gasteiger partial charge on any atom is -0.475 e. The lowest BCUT2D eigenvalue weighted by Gasteiger charge is -2.07.